The summed E-state index contributed by atoms with van der Waals surface area (Å²) < 4.78 is 0. The summed E-state index contributed by atoms with van der Waals surface area (Å²) in [4.78, 5) is 4.13. The number of nitrogens with two attached hydrogens (primary N) is 1. The van der Waals surface area contributed by atoms with Gasteiger partial charge in [-0.3, -0.25) is 4.99 Å². The molecule has 2 nitrogen and oxygen atoms in total. The molecule has 0 amide bonds. The molecule has 2 heteroatoms. The van der Waals surface area contributed by atoms with Gasteiger partial charge >= 0.3 is 0 Å². The van der Waals surface area contributed by atoms with Gasteiger partial charge in [0.2, 0.25) is 0 Å². The molecular formula is C7H14N2. The summed E-state index contributed by atoms with van der Waals surface area (Å²) in [5, 5.41) is 0. The Morgan fingerprint density at radius 1 is 1.78 bits per heavy atom. The summed E-state index contributed by atoms with van der Waals surface area (Å²) in [6.45, 7) is 3.46. The number of hydrogen-bond acceptors (Lipinski definition) is 2. The molecule has 0 bridgehead atoms. The van der Waals surface area contributed by atoms with Gasteiger partial charge in [0.25, 0.3) is 0 Å². The molecule has 0 saturated carbocycles. The van der Waals surface area contributed by atoms with Crippen LogP contribution in [0.3, 0.4) is 0 Å². The molecule has 0 aromatic rings. The van der Waals surface area contributed by atoms with Gasteiger partial charge in [-0.1, -0.05) is 13.5 Å². The lowest BCUT2D eigenvalue weighted by Gasteiger charge is -1.92. The molecule has 0 fully saturated rings. The molecule has 1 aliphatic heterocycles. The van der Waals surface area contributed by atoms with Crippen LogP contribution in [0.25, 0.3) is 0 Å². The number of hydrogen-bond donors (Lipinski definition) is 1. The summed E-state index contributed by atoms with van der Waals surface area (Å²) in [7, 11) is 0. The first-order valence-electron chi connectivity index (χ1n) is 2.75. The van der Waals surface area contributed by atoms with E-state index in [9.17, 15) is 0 Å². The van der Waals surface area contributed by atoms with Gasteiger partial charge in [0.1, 0.15) is 0 Å². The summed E-state index contributed by atoms with van der Waals surface area (Å²) in [5.41, 5.74) is 7.66. The van der Waals surface area contributed by atoms with E-state index in [0.717, 1.165) is 12.3 Å². The van der Waals surface area contributed by atoms with E-state index in [4.69, 9.17) is 5.73 Å². The average molecular weight is 126 g/mol. The molecule has 0 aromatic carbocycles. The van der Waals surface area contributed by atoms with Gasteiger partial charge in [0.15, 0.2) is 0 Å². The second kappa shape index (κ2) is 3.41. The second-order valence-corrected chi connectivity index (χ2v) is 1.88. The van der Waals surface area contributed by atoms with Crippen LogP contribution in [0, 0.1) is 0 Å². The first kappa shape index (κ1) is 8.37. The van der Waals surface area contributed by atoms with Gasteiger partial charge in [-0.25, -0.2) is 0 Å². The van der Waals surface area contributed by atoms with E-state index in [1.807, 2.05) is 6.92 Å². The molecule has 0 radical (unpaired) electrons. The molecule has 0 aliphatic carbocycles. The molecule has 1 aliphatic rings. The van der Waals surface area contributed by atoms with Crippen molar-refractivity contribution < 1.29 is 0 Å². The minimum Gasteiger partial charge on any atom is -0.325 e. The Bertz CT molecular complexity index is 145. The average Bonchev–Trinajstić information content (AvgIpc) is 2.14. The van der Waals surface area contributed by atoms with Gasteiger partial charge in [0.05, 0.1) is 12.3 Å². The zero-order chi connectivity index (χ0) is 5.98. The molecule has 1 rings (SSSR count). The maximum absolute atomic E-state index is 5.35. The Morgan fingerprint density at radius 2 is 2.44 bits per heavy atom. The molecule has 2 N–H and O–H groups in total. The van der Waals surface area contributed by atoms with Crippen LogP contribution in [0.5, 0.6) is 0 Å². The van der Waals surface area contributed by atoms with Crippen LogP contribution < -0.4 is 5.73 Å². The summed E-state index contributed by atoms with van der Waals surface area (Å²) >= 11 is 0. The van der Waals surface area contributed by atoms with Crippen molar-refractivity contribution in [2.45, 2.75) is 14.4 Å². The second-order valence-electron chi connectivity index (χ2n) is 1.88. The van der Waals surface area contributed by atoms with Gasteiger partial charge in [-0.2, -0.15) is 0 Å². The van der Waals surface area contributed by atoms with E-state index < -0.39 is 0 Å². The minimum atomic E-state index is 0. The predicted molar refractivity (Wildman–Crippen MR) is 41.8 cm³/mol. The van der Waals surface area contributed by atoms with Crippen molar-refractivity contribution in [2.24, 2.45) is 10.7 Å². The zero-order valence-electron chi connectivity index (χ0n) is 5.02. The van der Waals surface area contributed by atoms with Crippen molar-refractivity contribution >= 4 is 5.71 Å². The normalized spacial score (nSPS) is 16.2. The molecule has 0 aromatic heterocycles. The third-order valence-corrected chi connectivity index (χ3v) is 1.33. The number of aliphatic imine (C=N–C) groups is 1. The van der Waals surface area contributed by atoms with Gasteiger partial charge < -0.3 is 5.73 Å². The van der Waals surface area contributed by atoms with E-state index in [2.05, 4.69) is 11.1 Å². The van der Waals surface area contributed by atoms with Crippen molar-refractivity contribution in [3.05, 3.63) is 11.6 Å². The lowest BCUT2D eigenvalue weighted by molar-refractivity contribution is 1.24. The van der Waals surface area contributed by atoms with Crippen LogP contribution in [0.1, 0.15) is 14.4 Å². The van der Waals surface area contributed by atoms with E-state index in [0.29, 0.717) is 6.54 Å². The summed E-state index contributed by atoms with van der Waals surface area (Å²) in [5.74, 6) is 0. The number of nitrogens with zero attached hydrogens (tertiary/aromatic N) is 1. The standard InChI is InChI=1S/C6H10N2.CH4/c1-5-2-3-8-6(5)4-7;/h2H,3-4,7H2,1H3;1H4. The molecule has 9 heavy (non-hydrogen) atoms. The highest BCUT2D eigenvalue weighted by molar-refractivity contribution is 6.02. The Morgan fingerprint density at radius 3 is 2.67 bits per heavy atom. The molecule has 0 unspecified atom stereocenters. The highest BCUT2D eigenvalue weighted by Gasteiger charge is 2.02. The van der Waals surface area contributed by atoms with Crippen molar-refractivity contribution in [2.75, 3.05) is 13.1 Å². The summed E-state index contributed by atoms with van der Waals surface area (Å²) in [6.07, 6.45) is 2.09. The maximum atomic E-state index is 5.35. The van der Waals surface area contributed by atoms with Crippen LogP contribution in [-0.4, -0.2) is 18.8 Å². The fraction of sp³-hybridized carbons (Fsp3) is 0.571. The van der Waals surface area contributed by atoms with E-state index in [1.54, 1.807) is 0 Å². The Kier molecular flexibility index (Phi) is 3.17. The molecular weight excluding hydrogens is 112 g/mol. The Balaban J connectivity index is 0.000000640. The van der Waals surface area contributed by atoms with E-state index in [-0.39, 0.29) is 7.43 Å². The SMILES string of the molecule is C.CC1=CCN=C1CN. The van der Waals surface area contributed by atoms with E-state index >= 15 is 0 Å². The third kappa shape index (κ3) is 1.64. The van der Waals surface area contributed by atoms with Crippen molar-refractivity contribution in [1.29, 1.82) is 0 Å². The quantitative estimate of drug-likeness (QED) is 0.559. The monoisotopic (exact) mass is 126 g/mol. The molecule has 52 valence electrons. The fourth-order valence-corrected chi connectivity index (χ4v) is 0.761. The maximum Gasteiger partial charge on any atom is 0.0580 e. The lowest BCUT2D eigenvalue weighted by atomic mass is 10.2. The number of rotatable bonds is 1. The Labute approximate surface area is 56.5 Å². The van der Waals surface area contributed by atoms with Crippen molar-refractivity contribution in [3.63, 3.8) is 0 Å². The molecule has 0 spiro atoms. The van der Waals surface area contributed by atoms with Crippen LogP contribution in [-0.2, 0) is 0 Å². The van der Waals surface area contributed by atoms with E-state index in [1.165, 1.54) is 5.57 Å². The first-order valence-corrected chi connectivity index (χ1v) is 2.75. The largest absolute Gasteiger partial charge is 0.325 e. The van der Waals surface area contributed by atoms with Crippen molar-refractivity contribution in [1.82, 2.24) is 0 Å². The fourth-order valence-electron chi connectivity index (χ4n) is 0.761. The summed E-state index contributed by atoms with van der Waals surface area (Å²) in [6, 6.07) is 0. The van der Waals surface area contributed by atoms with Crippen LogP contribution >= 0.6 is 0 Å². The van der Waals surface area contributed by atoms with Crippen LogP contribution in [0.4, 0.5) is 0 Å². The molecule has 1 heterocycles. The van der Waals surface area contributed by atoms with Crippen LogP contribution in [0.2, 0.25) is 0 Å². The van der Waals surface area contributed by atoms with Gasteiger partial charge in [-0.15, -0.1) is 0 Å². The topological polar surface area (TPSA) is 38.4 Å². The molecule has 0 atom stereocenters. The lowest BCUT2D eigenvalue weighted by Crippen LogP contribution is -2.12. The first-order chi connectivity index (χ1) is 3.84. The van der Waals surface area contributed by atoms with Gasteiger partial charge in [0, 0.05) is 6.54 Å². The highest BCUT2D eigenvalue weighted by Crippen LogP contribution is 2.02. The van der Waals surface area contributed by atoms with Gasteiger partial charge in [-0.05, 0) is 12.5 Å². The smallest absolute Gasteiger partial charge is 0.0580 e. The third-order valence-electron chi connectivity index (χ3n) is 1.33. The van der Waals surface area contributed by atoms with Crippen molar-refractivity contribution in [3.8, 4) is 0 Å². The highest BCUT2D eigenvalue weighted by atomic mass is 14.8. The minimum absolute atomic E-state index is 0. The Hall–Kier alpha value is -0.630. The van der Waals surface area contributed by atoms with Crippen LogP contribution in [0.15, 0.2) is 16.6 Å². The predicted octanol–water partition coefficient (Wildman–Crippen LogP) is 0.982. The molecule has 0 saturated heterocycles. The zero-order valence-corrected chi connectivity index (χ0v) is 5.02.